The zero-order valence-electron chi connectivity index (χ0n) is 12.4. The van der Waals surface area contributed by atoms with Gasteiger partial charge in [0.15, 0.2) is 0 Å². The summed E-state index contributed by atoms with van der Waals surface area (Å²) in [5.41, 5.74) is 9.99. The minimum absolute atomic E-state index is 0.119. The first-order valence-electron chi connectivity index (χ1n) is 6.67. The molecule has 0 unspecified atom stereocenters. The third-order valence-electron chi connectivity index (χ3n) is 3.58. The molecule has 0 spiro atoms. The van der Waals surface area contributed by atoms with Crippen LogP contribution in [0.1, 0.15) is 34.4 Å². The molecule has 108 valence electrons. The van der Waals surface area contributed by atoms with Crippen LogP contribution in [-0.4, -0.2) is 20.3 Å². The molecule has 0 atom stereocenters. The fraction of sp³-hybridized carbons (Fsp3) is 0.429. The van der Waals surface area contributed by atoms with Crippen LogP contribution in [0.3, 0.4) is 0 Å². The van der Waals surface area contributed by atoms with Crippen molar-refractivity contribution in [2.24, 2.45) is 7.05 Å². The van der Waals surface area contributed by atoms with Gasteiger partial charge >= 0.3 is 0 Å². The largest absolute Gasteiger partial charge is 0.397 e. The van der Waals surface area contributed by atoms with E-state index < -0.39 is 0 Å². The number of hydrogen-bond donors (Lipinski definition) is 2. The maximum atomic E-state index is 12.2. The Morgan fingerprint density at radius 2 is 2.15 bits per heavy atom. The highest BCUT2D eigenvalue weighted by Gasteiger charge is 2.14. The molecule has 0 radical (unpaired) electrons. The van der Waals surface area contributed by atoms with Crippen molar-refractivity contribution in [3.63, 3.8) is 0 Å². The van der Waals surface area contributed by atoms with Gasteiger partial charge in [-0.1, -0.05) is 0 Å². The summed E-state index contributed by atoms with van der Waals surface area (Å²) < 4.78 is 3.66. The maximum absolute atomic E-state index is 12.2. The summed E-state index contributed by atoms with van der Waals surface area (Å²) in [6.45, 7) is 7.10. The number of aryl methyl sites for hydroxylation is 3. The Morgan fingerprint density at radius 1 is 1.45 bits per heavy atom. The van der Waals surface area contributed by atoms with E-state index in [4.69, 9.17) is 5.73 Å². The topological polar surface area (TPSA) is 77.9 Å². The van der Waals surface area contributed by atoms with E-state index in [9.17, 15) is 4.79 Å². The van der Waals surface area contributed by atoms with Crippen LogP contribution in [0.25, 0.3) is 0 Å². The first kappa shape index (κ1) is 14.2. The van der Waals surface area contributed by atoms with Gasteiger partial charge in [0, 0.05) is 37.6 Å². The SMILES string of the molecule is CCn1cc(N)cc1C(=O)NCc1c(C)nn(C)c1C. The van der Waals surface area contributed by atoms with Gasteiger partial charge in [0.2, 0.25) is 0 Å². The molecule has 0 aromatic carbocycles. The number of nitrogen functional groups attached to an aromatic ring is 1. The number of aromatic nitrogens is 3. The molecule has 6 nitrogen and oxygen atoms in total. The average Bonchev–Trinajstić information content (AvgIpc) is 2.89. The van der Waals surface area contributed by atoms with E-state index in [0.717, 1.165) is 17.0 Å². The molecule has 0 aliphatic carbocycles. The fourth-order valence-electron chi connectivity index (χ4n) is 2.32. The highest BCUT2D eigenvalue weighted by molar-refractivity contribution is 5.93. The van der Waals surface area contributed by atoms with Gasteiger partial charge in [0.1, 0.15) is 5.69 Å². The standard InChI is InChI=1S/C14H21N5O/c1-5-19-8-11(15)6-13(19)14(20)16-7-12-9(2)17-18(4)10(12)3/h6,8H,5,7,15H2,1-4H3,(H,16,20). The van der Waals surface area contributed by atoms with Crippen molar-refractivity contribution in [3.05, 3.63) is 34.9 Å². The molecule has 0 bridgehead atoms. The number of nitrogens with one attached hydrogen (secondary N) is 1. The minimum Gasteiger partial charge on any atom is -0.397 e. The number of carbonyl (C=O) groups is 1. The lowest BCUT2D eigenvalue weighted by Gasteiger charge is -2.08. The Morgan fingerprint density at radius 3 is 2.70 bits per heavy atom. The number of amides is 1. The Kier molecular flexibility index (Phi) is 3.83. The molecular weight excluding hydrogens is 254 g/mol. The number of hydrogen-bond acceptors (Lipinski definition) is 3. The summed E-state index contributed by atoms with van der Waals surface area (Å²) in [5.74, 6) is -0.119. The van der Waals surface area contributed by atoms with Crippen molar-refractivity contribution < 1.29 is 4.79 Å². The van der Waals surface area contributed by atoms with Gasteiger partial charge in [-0.15, -0.1) is 0 Å². The molecule has 6 heteroatoms. The molecule has 2 heterocycles. The minimum atomic E-state index is -0.119. The normalized spacial score (nSPS) is 10.8. The van der Waals surface area contributed by atoms with Gasteiger partial charge < -0.3 is 15.6 Å². The molecule has 0 saturated heterocycles. The molecule has 0 saturated carbocycles. The zero-order chi connectivity index (χ0) is 14.9. The van der Waals surface area contributed by atoms with Crippen LogP contribution in [-0.2, 0) is 20.1 Å². The van der Waals surface area contributed by atoms with Crippen molar-refractivity contribution in [2.45, 2.75) is 33.9 Å². The van der Waals surface area contributed by atoms with E-state index in [1.165, 1.54) is 0 Å². The molecule has 3 N–H and O–H groups in total. The molecule has 2 aromatic rings. The van der Waals surface area contributed by atoms with E-state index in [-0.39, 0.29) is 5.91 Å². The van der Waals surface area contributed by atoms with Gasteiger partial charge in [-0.25, -0.2) is 0 Å². The Hall–Kier alpha value is -2.24. The molecule has 20 heavy (non-hydrogen) atoms. The van der Waals surface area contributed by atoms with Gasteiger partial charge in [0.05, 0.1) is 11.4 Å². The Balaban J connectivity index is 2.12. The highest BCUT2D eigenvalue weighted by Crippen LogP contribution is 2.13. The smallest absolute Gasteiger partial charge is 0.268 e. The number of carbonyl (C=O) groups excluding carboxylic acids is 1. The number of anilines is 1. The van der Waals surface area contributed by atoms with Crippen molar-refractivity contribution >= 4 is 11.6 Å². The third-order valence-corrected chi connectivity index (χ3v) is 3.58. The zero-order valence-corrected chi connectivity index (χ0v) is 12.4. The van der Waals surface area contributed by atoms with E-state index in [1.807, 2.05) is 37.1 Å². The summed E-state index contributed by atoms with van der Waals surface area (Å²) in [7, 11) is 1.90. The summed E-state index contributed by atoms with van der Waals surface area (Å²) in [4.78, 5) is 12.2. The lowest BCUT2D eigenvalue weighted by molar-refractivity contribution is 0.0941. The number of rotatable bonds is 4. The monoisotopic (exact) mass is 275 g/mol. The van der Waals surface area contributed by atoms with Gasteiger partial charge in [-0.3, -0.25) is 9.48 Å². The second kappa shape index (κ2) is 5.40. The van der Waals surface area contributed by atoms with Gasteiger partial charge in [-0.05, 0) is 26.8 Å². The number of nitrogens with two attached hydrogens (primary N) is 1. The fourth-order valence-corrected chi connectivity index (χ4v) is 2.32. The van der Waals surface area contributed by atoms with Crippen LogP contribution in [0.2, 0.25) is 0 Å². The van der Waals surface area contributed by atoms with Crippen LogP contribution in [0, 0.1) is 13.8 Å². The second-order valence-electron chi connectivity index (χ2n) is 4.90. The number of nitrogens with zero attached hydrogens (tertiary/aromatic N) is 3. The molecule has 0 aliphatic heterocycles. The predicted octanol–water partition coefficient (Wildman–Crippen LogP) is 1.37. The van der Waals surface area contributed by atoms with E-state index in [2.05, 4.69) is 10.4 Å². The molecule has 2 aromatic heterocycles. The van der Waals surface area contributed by atoms with Gasteiger partial charge in [0.25, 0.3) is 5.91 Å². The molecule has 0 fully saturated rings. The summed E-state index contributed by atoms with van der Waals surface area (Å²) in [6.07, 6.45) is 1.77. The summed E-state index contributed by atoms with van der Waals surface area (Å²) in [6, 6.07) is 1.70. The third kappa shape index (κ3) is 2.54. The van der Waals surface area contributed by atoms with Crippen LogP contribution < -0.4 is 11.1 Å². The molecule has 0 aliphatic rings. The van der Waals surface area contributed by atoms with Crippen LogP contribution in [0.4, 0.5) is 5.69 Å². The van der Waals surface area contributed by atoms with Gasteiger partial charge in [-0.2, -0.15) is 5.10 Å². The first-order chi connectivity index (χ1) is 9.43. The second-order valence-corrected chi connectivity index (χ2v) is 4.90. The average molecular weight is 275 g/mol. The highest BCUT2D eigenvalue weighted by atomic mass is 16.1. The van der Waals surface area contributed by atoms with E-state index in [0.29, 0.717) is 24.5 Å². The Bertz CT molecular complexity index is 638. The first-order valence-corrected chi connectivity index (χ1v) is 6.67. The van der Waals surface area contributed by atoms with Crippen molar-refractivity contribution in [1.82, 2.24) is 19.7 Å². The van der Waals surface area contributed by atoms with Crippen LogP contribution >= 0.6 is 0 Å². The van der Waals surface area contributed by atoms with E-state index >= 15 is 0 Å². The van der Waals surface area contributed by atoms with E-state index in [1.54, 1.807) is 12.3 Å². The molecule has 1 amide bonds. The maximum Gasteiger partial charge on any atom is 0.268 e. The van der Waals surface area contributed by atoms with Crippen LogP contribution in [0.5, 0.6) is 0 Å². The molecule has 2 rings (SSSR count). The van der Waals surface area contributed by atoms with Crippen molar-refractivity contribution in [2.75, 3.05) is 5.73 Å². The summed E-state index contributed by atoms with van der Waals surface area (Å²) in [5, 5.41) is 7.27. The van der Waals surface area contributed by atoms with Crippen molar-refractivity contribution in [1.29, 1.82) is 0 Å². The quantitative estimate of drug-likeness (QED) is 0.884. The molecular formula is C14H21N5O. The lowest BCUT2D eigenvalue weighted by Crippen LogP contribution is -2.25. The Labute approximate surface area is 118 Å². The summed E-state index contributed by atoms with van der Waals surface area (Å²) >= 11 is 0. The van der Waals surface area contributed by atoms with Crippen LogP contribution in [0.15, 0.2) is 12.3 Å². The predicted molar refractivity (Wildman–Crippen MR) is 78.4 cm³/mol. The van der Waals surface area contributed by atoms with Crippen molar-refractivity contribution in [3.8, 4) is 0 Å². The lowest BCUT2D eigenvalue weighted by atomic mass is 10.2.